The fourth-order valence-corrected chi connectivity index (χ4v) is 2.30. The van der Waals surface area contributed by atoms with E-state index < -0.39 is 4.92 Å². The molecule has 0 unspecified atom stereocenters. The van der Waals surface area contributed by atoms with Gasteiger partial charge in [0.1, 0.15) is 0 Å². The summed E-state index contributed by atoms with van der Waals surface area (Å²) in [5, 5.41) is 17.4. The third-order valence-corrected chi connectivity index (χ3v) is 3.67. The zero-order valence-corrected chi connectivity index (χ0v) is 14.4. The number of nitro benzene ring substituents is 1. The Morgan fingerprint density at radius 3 is 2.52 bits per heavy atom. The number of benzene rings is 2. The highest BCUT2D eigenvalue weighted by Crippen LogP contribution is 2.29. The van der Waals surface area contributed by atoms with Gasteiger partial charge in [0, 0.05) is 41.5 Å². The molecule has 0 fully saturated rings. The number of anilines is 2. The van der Waals surface area contributed by atoms with Crippen LogP contribution in [0, 0.1) is 10.1 Å². The summed E-state index contributed by atoms with van der Waals surface area (Å²) in [6.07, 6.45) is 0.957. The summed E-state index contributed by atoms with van der Waals surface area (Å²) in [6, 6.07) is 11.4. The molecule has 0 spiro atoms. The van der Waals surface area contributed by atoms with Crippen LogP contribution in [0.4, 0.5) is 17.1 Å². The van der Waals surface area contributed by atoms with Gasteiger partial charge in [-0.05, 0) is 36.8 Å². The Bertz CT molecular complexity index is 750. The molecule has 1 amide bonds. The third kappa shape index (κ3) is 5.65. The summed E-state index contributed by atoms with van der Waals surface area (Å²) >= 11 is 5.79. The Hall–Kier alpha value is -2.80. The number of carbonyl (C=O) groups is 1. The number of amides is 1. The highest BCUT2D eigenvalue weighted by Gasteiger charge is 2.14. The lowest BCUT2D eigenvalue weighted by Crippen LogP contribution is -2.13. The fourth-order valence-electron chi connectivity index (χ4n) is 2.18. The van der Waals surface area contributed by atoms with E-state index >= 15 is 0 Å². The lowest BCUT2D eigenvalue weighted by molar-refractivity contribution is -0.385. The van der Waals surface area contributed by atoms with Crippen molar-refractivity contribution in [1.82, 2.24) is 0 Å². The first-order valence-corrected chi connectivity index (χ1v) is 7.99. The molecule has 132 valence electrons. The first-order valence-electron chi connectivity index (χ1n) is 7.61. The van der Waals surface area contributed by atoms with Gasteiger partial charge in [0.2, 0.25) is 5.91 Å². The molecule has 0 saturated heterocycles. The van der Waals surface area contributed by atoms with Gasteiger partial charge in [-0.15, -0.1) is 0 Å². The van der Waals surface area contributed by atoms with Crippen LogP contribution in [0.15, 0.2) is 42.5 Å². The summed E-state index contributed by atoms with van der Waals surface area (Å²) in [4.78, 5) is 22.2. The summed E-state index contributed by atoms with van der Waals surface area (Å²) in [7, 11) is 1.38. The smallest absolute Gasteiger partial charge is 0.311 e. The summed E-state index contributed by atoms with van der Waals surface area (Å²) < 4.78 is 5.01. The molecule has 25 heavy (non-hydrogen) atoms. The summed E-state index contributed by atoms with van der Waals surface area (Å²) in [6.45, 7) is 0.551. The first-order chi connectivity index (χ1) is 12.0. The molecule has 2 aromatic rings. The minimum Gasteiger partial charge on any atom is -0.490 e. The second-order valence-electron chi connectivity index (χ2n) is 5.23. The minimum absolute atomic E-state index is 0.0876. The summed E-state index contributed by atoms with van der Waals surface area (Å²) in [5.74, 6) is 0.0980. The van der Waals surface area contributed by atoms with Gasteiger partial charge in [0.25, 0.3) is 0 Å². The lowest BCUT2D eigenvalue weighted by atomic mass is 10.2. The van der Waals surface area contributed by atoms with E-state index in [9.17, 15) is 14.9 Å². The molecule has 0 aromatic heterocycles. The van der Waals surface area contributed by atoms with Crippen LogP contribution < -0.4 is 15.4 Å². The first kappa shape index (κ1) is 18.5. The average Bonchev–Trinajstić information content (AvgIpc) is 2.60. The number of ether oxygens (including phenoxy) is 1. The fraction of sp³-hybridized carbons (Fsp3) is 0.235. The number of nitrogens with one attached hydrogen (secondary N) is 2. The molecular weight excluding hydrogens is 346 g/mol. The molecule has 0 heterocycles. The Morgan fingerprint density at radius 2 is 1.88 bits per heavy atom. The maximum atomic E-state index is 11.9. The normalized spacial score (nSPS) is 10.2. The largest absolute Gasteiger partial charge is 0.490 e. The molecule has 2 aromatic carbocycles. The number of methoxy groups -OCH3 is 1. The van der Waals surface area contributed by atoms with E-state index in [1.165, 1.54) is 13.2 Å². The van der Waals surface area contributed by atoms with Crippen molar-refractivity contribution in [3.8, 4) is 5.75 Å². The number of carbonyl (C=O) groups excluding carboxylic acids is 1. The predicted molar refractivity (Wildman–Crippen MR) is 97.5 cm³/mol. The Balaban J connectivity index is 1.78. The summed E-state index contributed by atoms with van der Waals surface area (Å²) in [5.41, 5.74) is 1.30. The van der Waals surface area contributed by atoms with Gasteiger partial charge in [0.15, 0.2) is 5.75 Å². The van der Waals surface area contributed by atoms with Crippen LogP contribution in [0.5, 0.6) is 5.75 Å². The number of hydrogen-bond acceptors (Lipinski definition) is 5. The minimum atomic E-state index is -0.496. The molecule has 2 N–H and O–H groups in total. The van der Waals surface area contributed by atoms with Crippen LogP contribution in [-0.4, -0.2) is 24.5 Å². The molecule has 2 rings (SSSR count). The third-order valence-electron chi connectivity index (χ3n) is 3.41. The van der Waals surface area contributed by atoms with Crippen LogP contribution in [0.1, 0.15) is 12.8 Å². The Morgan fingerprint density at radius 1 is 1.20 bits per heavy atom. The van der Waals surface area contributed by atoms with Crippen molar-refractivity contribution in [2.45, 2.75) is 12.8 Å². The molecule has 0 aliphatic rings. The molecule has 0 radical (unpaired) electrons. The van der Waals surface area contributed by atoms with E-state index in [1.54, 1.807) is 36.4 Å². The standard InChI is InChI=1S/C17H18ClN3O4/c1-25-16-11-14(8-9-15(16)21(23)24)19-10-2-3-17(22)20-13-6-4-12(18)5-7-13/h4-9,11,19H,2-3,10H2,1H3,(H,20,22). The predicted octanol–water partition coefficient (Wildman–Crippen LogP) is 4.09. The highest BCUT2D eigenvalue weighted by atomic mass is 35.5. The van der Waals surface area contributed by atoms with Crippen LogP contribution in [0.2, 0.25) is 5.02 Å². The molecule has 0 saturated carbocycles. The molecular formula is C17H18ClN3O4. The number of halogens is 1. The van der Waals surface area contributed by atoms with Crippen molar-refractivity contribution in [2.24, 2.45) is 0 Å². The van der Waals surface area contributed by atoms with Gasteiger partial charge in [-0.1, -0.05) is 11.6 Å². The number of nitrogens with zero attached hydrogens (tertiary/aromatic N) is 1. The maximum Gasteiger partial charge on any atom is 0.311 e. The van der Waals surface area contributed by atoms with Crippen LogP contribution in [0.3, 0.4) is 0 Å². The topological polar surface area (TPSA) is 93.5 Å². The highest BCUT2D eigenvalue weighted by molar-refractivity contribution is 6.30. The molecule has 0 aliphatic heterocycles. The van der Waals surface area contributed by atoms with Crippen molar-refractivity contribution < 1.29 is 14.5 Å². The van der Waals surface area contributed by atoms with E-state index in [0.29, 0.717) is 35.8 Å². The quantitative estimate of drug-likeness (QED) is 0.418. The van der Waals surface area contributed by atoms with Gasteiger partial charge in [-0.2, -0.15) is 0 Å². The van der Waals surface area contributed by atoms with E-state index in [-0.39, 0.29) is 17.3 Å². The van der Waals surface area contributed by atoms with Crippen LogP contribution in [-0.2, 0) is 4.79 Å². The molecule has 8 heteroatoms. The monoisotopic (exact) mass is 363 g/mol. The van der Waals surface area contributed by atoms with Crippen molar-refractivity contribution in [2.75, 3.05) is 24.3 Å². The Labute approximate surface area is 150 Å². The van der Waals surface area contributed by atoms with Crippen molar-refractivity contribution >= 4 is 34.6 Å². The van der Waals surface area contributed by atoms with E-state index in [0.717, 1.165) is 0 Å². The van der Waals surface area contributed by atoms with Gasteiger partial charge in [0.05, 0.1) is 12.0 Å². The van der Waals surface area contributed by atoms with Crippen LogP contribution in [0.25, 0.3) is 0 Å². The maximum absolute atomic E-state index is 11.9. The van der Waals surface area contributed by atoms with Gasteiger partial charge in [-0.25, -0.2) is 0 Å². The number of nitro groups is 1. The second-order valence-corrected chi connectivity index (χ2v) is 5.67. The van der Waals surface area contributed by atoms with Crippen LogP contribution >= 0.6 is 11.6 Å². The zero-order chi connectivity index (χ0) is 18.2. The molecule has 7 nitrogen and oxygen atoms in total. The van der Waals surface area contributed by atoms with E-state index in [1.807, 2.05) is 0 Å². The van der Waals surface area contributed by atoms with Gasteiger partial charge < -0.3 is 15.4 Å². The van der Waals surface area contributed by atoms with Crippen molar-refractivity contribution in [1.29, 1.82) is 0 Å². The average molecular weight is 364 g/mol. The molecule has 0 atom stereocenters. The SMILES string of the molecule is COc1cc(NCCCC(=O)Nc2ccc(Cl)cc2)ccc1[N+](=O)[O-]. The molecule has 0 aliphatic carbocycles. The lowest BCUT2D eigenvalue weighted by Gasteiger charge is -2.09. The number of rotatable bonds is 8. The van der Waals surface area contributed by atoms with Crippen molar-refractivity contribution in [3.63, 3.8) is 0 Å². The van der Waals surface area contributed by atoms with Gasteiger partial charge >= 0.3 is 5.69 Å². The zero-order valence-electron chi connectivity index (χ0n) is 13.6. The molecule has 0 bridgehead atoms. The van der Waals surface area contributed by atoms with Crippen molar-refractivity contribution in [3.05, 3.63) is 57.6 Å². The second kappa shape index (κ2) is 8.89. The van der Waals surface area contributed by atoms with E-state index in [4.69, 9.17) is 16.3 Å². The number of hydrogen-bond donors (Lipinski definition) is 2. The Kier molecular flexibility index (Phi) is 6.59. The van der Waals surface area contributed by atoms with E-state index in [2.05, 4.69) is 10.6 Å². The van der Waals surface area contributed by atoms with Gasteiger partial charge in [-0.3, -0.25) is 14.9 Å².